The Morgan fingerprint density at radius 2 is 0.696 bits per heavy atom. The zero-order valence-corrected chi connectivity index (χ0v) is 37.7. The number of nitrogens with zero attached hydrogens (tertiary/aromatic N) is 1. The van der Waals surface area contributed by atoms with Gasteiger partial charge in [0, 0.05) is 38.8 Å². The smallest absolute Gasteiger partial charge is 0.143 e. The molecule has 322 valence electrons. The minimum atomic E-state index is -0.517. The van der Waals surface area contributed by atoms with E-state index in [9.17, 15) is 0 Å². The fourth-order valence-corrected chi connectivity index (χ4v) is 11.7. The highest BCUT2D eigenvalue weighted by molar-refractivity contribution is 6.13. The maximum atomic E-state index is 6.89. The molecule has 2 aliphatic carbocycles. The Morgan fingerprint density at radius 3 is 1.32 bits per heavy atom. The monoisotopic (exact) mass is 877 g/mol. The highest BCUT2D eigenvalue weighted by Crippen LogP contribution is 2.65. The molecule has 0 saturated carbocycles. The Kier molecular flexibility index (Phi) is 8.84. The lowest BCUT2D eigenvalue weighted by Gasteiger charge is -2.32. The summed E-state index contributed by atoms with van der Waals surface area (Å²) in [4.78, 5) is 2.46. The molecule has 0 amide bonds. The molecule has 1 heterocycles. The normalized spacial score (nSPS) is 14.1. The number of rotatable bonds is 7. The molecule has 0 aliphatic heterocycles. The highest BCUT2D eigenvalue weighted by Gasteiger charge is 2.52. The Morgan fingerprint density at radius 1 is 0.275 bits per heavy atom. The van der Waals surface area contributed by atoms with E-state index in [0.717, 1.165) is 61.3 Å². The first-order chi connectivity index (χ1) is 34.2. The second-order valence-corrected chi connectivity index (χ2v) is 18.3. The van der Waals surface area contributed by atoms with Gasteiger partial charge in [-0.2, -0.15) is 0 Å². The van der Waals surface area contributed by atoms with E-state index in [1.807, 2.05) is 0 Å². The number of hydrogen-bond donors (Lipinski definition) is 0. The van der Waals surface area contributed by atoms with Gasteiger partial charge >= 0.3 is 0 Å². The molecular formula is C67H43NO. The zero-order valence-electron chi connectivity index (χ0n) is 37.7. The van der Waals surface area contributed by atoms with Gasteiger partial charge in [0.1, 0.15) is 11.2 Å². The first-order valence-electron chi connectivity index (χ1n) is 23.8. The molecule has 0 saturated heterocycles. The van der Waals surface area contributed by atoms with E-state index in [0.29, 0.717) is 0 Å². The highest BCUT2D eigenvalue weighted by atomic mass is 16.3. The summed E-state index contributed by atoms with van der Waals surface area (Å²) in [5.41, 5.74) is 24.1. The fourth-order valence-electron chi connectivity index (χ4n) is 11.7. The second-order valence-electron chi connectivity index (χ2n) is 18.3. The fraction of sp³-hybridized carbons (Fsp3) is 0.0149. The van der Waals surface area contributed by atoms with E-state index in [4.69, 9.17) is 4.42 Å². The number of benzene rings is 11. The zero-order chi connectivity index (χ0) is 45.5. The topological polar surface area (TPSA) is 16.4 Å². The Bertz CT molecular complexity index is 3930. The van der Waals surface area contributed by atoms with Crippen LogP contribution in [0.15, 0.2) is 265 Å². The number of furan rings is 1. The summed E-state index contributed by atoms with van der Waals surface area (Å²) in [7, 11) is 0. The molecule has 14 rings (SSSR count). The molecule has 2 heteroatoms. The predicted octanol–water partition coefficient (Wildman–Crippen LogP) is 18.1. The van der Waals surface area contributed by atoms with E-state index < -0.39 is 5.41 Å². The lowest BCUT2D eigenvalue weighted by Crippen LogP contribution is -2.26. The van der Waals surface area contributed by atoms with Crippen molar-refractivity contribution in [2.24, 2.45) is 0 Å². The van der Waals surface area contributed by atoms with Crippen molar-refractivity contribution in [3.05, 3.63) is 283 Å². The van der Waals surface area contributed by atoms with Crippen molar-refractivity contribution in [1.29, 1.82) is 0 Å². The molecule has 12 aromatic rings. The SMILES string of the molecule is c1ccc(-c2ccc(N(c3ccc(-c4cccc5c4oc4c(-c6ccccc6)cccc45)cc3)c3cccc4c3-c3ccccc3C43c4ccccc4-c4ccc(-c5ccccc5)cc43)cc2)cc1. The summed E-state index contributed by atoms with van der Waals surface area (Å²) in [5, 5.41) is 2.23. The van der Waals surface area contributed by atoms with E-state index >= 15 is 0 Å². The predicted molar refractivity (Wildman–Crippen MR) is 286 cm³/mol. The summed E-state index contributed by atoms with van der Waals surface area (Å²) in [6.45, 7) is 0. The molecule has 11 aromatic carbocycles. The maximum absolute atomic E-state index is 6.89. The van der Waals surface area contributed by atoms with Gasteiger partial charge in [-0.3, -0.25) is 0 Å². The van der Waals surface area contributed by atoms with Crippen LogP contribution in [0.25, 0.3) is 88.7 Å². The van der Waals surface area contributed by atoms with Crippen molar-refractivity contribution in [3.63, 3.8) is 0 Å². The molecule has 1 atom stereocenters. The molecule has 2 nitrogen and oxygen atoms in total. The van der Waals surface area contributed by atoms with Crippen LogP contribution in [0.2, 0.25) is 0 Å². The quantitative estimate of drug-likeness (QED) is 0.159. The van der Waals surface area contributed by atoms with Crippen molar-refractivity contribution in [1.82, 2.24) is 0 Å². The van der Waals surface area contributed by atoms with Crippen molar-refractivity contribution in [2.45, 2.75) is 5.41 Å². The van der Waals surface area contributed by atoms with Gasteiger partial charge in [-0.15, -0.1) is 0 Å². The van der Waals surface area contributed by atoms with Gasteiger partial charge in [-0.1, -0.05) is 224 Å². The summed E-state index contributed by atoms with van der Waals surface area (Å²) < 4.78 is 6.89. The Balaban J connectivity index is 0.963. The molecule has 2 aliphatic rings. The summed E-state index contributed by atoms with van der Waals surface area (Å²) in [5.74, 6) is 0. The number of para-hydroxylation sites is 2. The van der Waals surface area contributed by atoms with Gasteiger partial charge < -0.3 is 9.32 Å². The van der Waals surface area contributed by atoms with Crippen LogP contribution in [-0.2, 0) is 5.41 Å². The maximum Gasteiger partial charge on any atom is 0.143 e. The largest absolute Gasteiger partial charge is 0.455 e. The third-order valence-electron chi connectivity index (χ3n) is 14.7. The minimum Gasteiger partial charge on any atom is -0.455 e. The molecule has 69 heavy (non-hydrogen) atoms. The lowest BCUT2D eigenvalue weighted by molar-refractivity contribution is 0.671. The van der Waals surface area contributed by atoms with Gasteiger partial charge in [0.2, 0.25) is 0 Å². The van der Waals surface area contributed by atoms with Crippen LogP contribution in [0, 0.1) is 0 Å². The summed E-state index contributed by atoms with van der Waals surface area (Å²) in [6, 6.07) is 95.4. The summed E-state index contributed by atoms with van der Waals surface area (Å²) >= 11 is 0. The van der Waals surface area contributed by atoms with Crippen LogP contribution in [-0.4, -0.2) is 0 Å². The standard InChI is InChI=1S/C67H43NO/c1-4-17-44(18-5-1)46-33-38-50(39-34-46)68(51-40-35-48(36-41-51)53-26-15-28-57-56-27-14-25-52(65(56)69-66(53)57)47-21-8-3-9-22-47)63-32-16-31-61-64(63)58-24-11-13-30-60(58)67(61)59-29-12-10-23-54(59)55-42-37-49(43-62(55)67)45-19-6-2-7-20-45/h1-43H. The average Bonchev–Trinajstić information content (AvgIpc) is 4.07. The van der Waals surface area contributed by atoms with Crippen LogP contribution < -0.4 is 4.90 Å². The summed E-state index contributed by atoms with van der Waals surface area (Å²) in [6.07, 6.45) is 0. The minimum absolute atomic E-state index is 0.517. The third-order valence-corrected chi connectivity index (χ3v) is 14.7. The van der Waals surface area contributed by atoms with Gasteiger partial charge in [0.15, 0.2) is 0 Å². The van der Waals surface area contributed by atoms with Crippen LogP contribution >= 0.6 is 0 Å². The number of fused-ring (bicyclic) bond motifs is 13. The Hall–Kier alpha value is -8.98. The molecule has 0 N–H and O–H groups in total. The first kappa shape index (κ1) is 39.2. The molecular weight excluding hydrogens is 835 g/mol. The Labute approximate surface area is 401 Å². The molecule has 0 bridgehead atoms. The van der Waals surface area contributed by atoms with Crippen molar-refractivity contribution >= 4 is 39.0 Å². The van der Waals surface area contributed by atoms with Gasteiger partial charge in [0.25, 0.3) is 0 Å². The van der Waals surface area contributed by atoms with Crippen LogP contribution in [0.4, 0.5) is 17.1 Å². The van der Waals surface area contributed by atoms with E-state index in [1.165, 1.54) is 66.8 Å². The van der Waals surface area contributed by atoms with Crippen LogP contribution in [0.3, 0.4) is 0 Å². The van der Waals surface area contributed by atoms with Gasteiger partial charge in [0.05, 0.1) is 11.1 Å². The molecule has 1 aromatic heterocycles. The molecule has 0 fully saturated rings. The molecule has 1 unspecified atom stereocenters. The van der Waals surface area contributed by atoms with Gasteiger partial charge in [-0.25, -0.2) is 0 Å². The van der Waals surface area contributed by atoms with Crippen LogP contribution in [0.5, 0.6) is 0 Å². The van der Waals surface area contributed by atoms with Crippen LogP contribution in [0.1, 0.15) is 22.3 Å². The van der Waals surface area contributed by atoms with Gasteiger partial charge in [-0.05, 0) is 109 Å². The third kappa shape index (κ3) is 5.92. The molecule has 1 spiro atoms. The van der Waals surface area contributed by atoms with E-state index in [2.05, 4.69) is 266 Å². The van der Waals surface area contributed by atoms with Crippen molar-refractivity contribution in [3.8, 4) is 66.8 Å². The van der Waals surface area contributed by atoms with E-state index in [1.54, 1.807) is 0 Å². The lowest BCUT2D eigenvalue weighted by atomic mass is 9.70. The molecule has 0 radical (unpaired) electrons. The van der Waals surface area contributed by atoms with E-state index in [-0.39, 0.29) is 0 Å². The number of hydrogen-bond acceptors (Lipinski definition) is 2. The first-order valence-corrected chi connectivity index (χ1v) is 23.8. The number of anilines is 3. The average molecular weight is 878 g/mol. The second kappa shape index (κ2) is 15.6. The van der Waals surface area contributed by atoms with Crippen molar-refractivity contribution < 1.29 is 4.42 Å². The van der Waals surface area contributed by atoms with Crippen molar-refractivity contribution in [2.75, 3.05) is 4.90 Å².